The molecule has 0 radical (unpaired) electrons. The molecule has 3 heterocycles. The molecule has 2 atom stereocenters. The van der Waals surface area contributed by atoms with E-state index in [0.29, 0.717) is 12.3 Å². The Morgan fingerprint density at radius 2 is 1.75 bits per heavy atom. The second kappa shape index (κ2) is 11.6. The largest absolute Gasteiger partial charge is 0.443 e. The van der Waals surface area contributed by atoms with Gasteiger partial charge in [0.05, 0.1) is 34.8 Å². The molecule has 0 unspecified atom stereocenters. The summed E-state index contributed by atoms with van der Waals surface area (Å²) in [5.41, 5.74) is -3.76. The first-order valence-electron chi connectivity index (χ1n) is 13.2. The fourth-order valence-corrected chi connectivity index (χ4v) is 5.54. The van der Waals surface area contributed by atoms with Crippen LogP contribution >= 0.6 is 0 Å². The second-order valence-electron chi connectivity index (χ2n) is 11.7. The van der Waals surface area contributed by atoms with Crippen LogP contribution in [0.25, 0.3) is 0 Å². The number of alkyl halides is 3. The van der Waals surface area contributed by atoms with E-state index in [-0.39, 0.29) is 43.1 Å². The number of anilines is 1. The zero-order valence-corrected chi connectivity index (χ0v) is 25.0. The third kappa shape index (κ3) is 6.78. The van der Waals surface area contributed by atoms with Crippen LogP contribution < -0.4 is 10.5 Å². The summed E-state index contributed by atoms with van der Waals surface area (Å²) in [6.07, 6.45) is -4.97. The van der Waals surface area contributed by atoms with Crippen LogP contribution in [0.5, 0.6) is 0 Å². The van der Waals surface area contributed by atoms with Crippen molar-refractivity contribution in [1.29, 1.82) is 0 Å². The van der Waals surface area contributed by atoms with E-state index in [1.807, 2.05) is 0 Å². The topological polar surface area (TPSA) is 161 Å². The zero-order chi connectivity index (χ0) is 32.8. The highest BCUT2D eigenvalue weighted by Crippen LogP contribution is 2.39. The highest BCUT2D eigenvalue weighted by Gasteiger charge is 2.55. The van der Waals surface area contributed by atoms with Crippen LogP contribution in [0.15, 0.2) is 35.4 Å². The minimum atomic E-state index is -4.72. The van der Waals surface area contributed by atoms with Crippen LogP contribution in [-0.4, -0.2) is 80.0 Å². The van der Waals surface area contributed by atoms with Crippen LogP contribution in [0, 0.1) is 17.2 Å². The standard InChI is InChI=1S/C27H31F4N5O7S/c1-25(2,3)23(38)34-20-7-15(27(29,30)31)9-33-21(20)12-43-24(39)36-11-16-10-35(13-26(16,14-36)42-4)22(37)18-6-5-17(8-19(18)28)44(32,40)41/h5-9,16H,10-14H2,1-4H3,(H,34,38)(H2,32,40,41)/t16-,26+/m1/s1. The van der Waals surface area contributed by atoms with Gasteiger partial charge in [-0.05, 0) is 24.3 Å². The third-order valence-electron chi connectivity index (χ3n) is 7.55. The van der Waals surface area contributed by atoms with E-state index in [9.17, 15) is 40.4 Å². The van der Waals surface area contributed by atoms with Crippen molar-refractivity contribution in [3.63, 3.8) is 0 Å². The van der Waals surface area contributed by atoms with Crippen molar-refractivity contribution < 1.29 is 49.8 Å². The lowest BCUT2D eigenvalue weighted by atomic mass is 9.95. The van der Waals surface area contributed by atoms with Gasteiger partial charge in [0.15, 0.2) is 0 Å². The molecule has 0 saturated carbocycles. The summed E-state index contributed by atoms with van der Waals surface area (Å²) < 4.78 is 88.6. The molecule has 0 aliphatic carbocycles. The molecule has 12 nitrogen and oxygen atoms in total. The fraction of sp³-hybridized carbons (Fsp3) is 0.481. The molecule has 3 amide bonds. The van der Waals surface area contributed by atoms with Gasteiger partial charge in [-0.2, -0.15) is 13.2 Å². The lowest BCUT2D eigenvalue weighted by Gasteiger charge is -2.27. The molecule has 3 N–H and O–H groups in total. The molecular formula is C27H31F4N5O7S. The van der Waals surface area contributed by atoms with Crippen molar-refractivity contribution in [3.8, 4) is 0 Å². The second-order valence-corrected chi connectivity index (χ2v) is 13.3. The summed E-state index contributed by atoms with van der Waals surface area (Å²) in [6.45, 7) is 4.31. The summed E-state index contributed by atoms with van der Waals surface area (Å²) in [7, 11) is -2.78. The normalized spacial score (nSPS) is 20.4. The lowest BCUT2D eigenvalue weighted by molar-refractivity contribution is -0.137. The number of nitrogens with one attached hydrogen (secondary N) is 1. The molecule has 44 heavy (non-hydrogen) atoms. The maximum absolute atomic E-state index is 14.6. The highest BCUT2D eigenvalue weighted by atomic mass is 32.2. The maximum Gasteiger partial charge on any atom is 0.417 e. The number of pyridine rings is 1. The Morgan fingerprint density at radius 3 is 2.30 bits per heavy atom. The number of nitrogens with two attached hydrogens (primary N) is 1. The number of ether oxygens (including phenoxy) is 2. The predicted molar refractivity (Wildman–Crippen MR) is 146 cm³/mol. The van der Waals surface area contributed by atoms with E-state index in [2.05, 4.69) is 10.3 Å². The number of methoxy groups -OCH3 is 1. The third-order valence-corrected chi connectivity index (χ3v) is 8.46. The van der Waals surface area contributed by atoms with E-state index in [1.54, 1.807) is 20.8 Å². The molecule has 2 fully saturated rings. The molecule has 240 valence electrons. The SMILES string of the molecule is CO[C@@]12CN(C(=O)OCc3ncc(C(F)(F)F)cc3NC(=O)C(C)(C)C)C[C@H]1CN(C(=O)c1ccc(S(N)(=O)=O)cc1F)C2. The van der Waals surface area contributed by atoms with Crippen molar-refractivity contribution in [2.24, 2.45) is 16.5 Å². The summed E-state index contributed by atoms with van der Waals surface area (Å²) in [6, 6.07) is 3.44. The molecule has 1 aromatic heterocycles. The Kier molecular flexibility index (Phi) is 8.71. The number of sulfonamides is 1. The van der Waals surface area contributed by atoms with Gasteiger partial charge >= 0.3 is 12.3 Å². The number of fused-ring (bicyclic) bond motifs is 1. The van der Waals surface area contributed by atoms with E-state index >= 15 is 0 Å². The first-order chi connectivity index (χ1) is 20.2. The summed E-state index contributed by atoms with van der Waals surface area (Å²) in [5.74, 6) is -2.74. The molecular weight excluding hydrogens is 614 g/mol. The summed E-state index contributed by atoms with van der Waals surface area (Å²) in [4.78, 5) is 44.5. The van der Waals surface area contributed by atoms with Gasteiger partial charge in [0.25, 0.3) is 5.91 Å². The average molecular weight is 646 g/mol. The van der Waals surface area contributed by atoms with Crippen molar-refractivity contribution >= 4 is 33.6 Å². The first-order valence-corrected chi connectivity index (χ1v) is 14.8. The van der Waals surface area contributed by atoms with E-state index in [4.69, 9.17) is 14.6 Å². The van der Waals surface area contributed by atoms with Gasteiger partial charge in [-0.15, -0.1) is 0 Å². The number of amides is 3. The number of hydrogen-bond acceptors (Lipinski definition) is 8. The number of carbonyl (C=O) groups is 3. The van der Waals surface area contributed by atoms with Gasteiger partial charge in [-0.3, -0.25) is 14.6 Å². The number of carbonyl (C=O) groups excluding carboxylic acids is 3. The zero-order valence-electron chi connectivity index (χ0n) is 24.2. The smallest absolute Gasteiger partial charge is 0.417 e. The molecule has 0 bridgehead atoms. The van der Waals surface area contributed by atoms with Gasteiger partial charge in [0.1, 0.15) is 23.7 Å². The van der Waals surface area contributed by atoms with Crippen LogP contribution in [0.1, 0.15) is 42.4 Å². The van der Waals surface area contributed by atoms with Gasteiger partial charge < -0.3 is 24.6 Å². The van der Waals surface area contributed by atoms with Gasteiger partial charge in [0.2, 0.25) is 15.9 Å². The number of halogens is 4. The molecule has 0 spiro atoms. The van der Waals surface area contributed by atoms with Crippen LogP contribution in [0.2, 0.25) is 0 Å². The van der Waals surface area contributed by atoms with Gasteiger partial charge in [-0.1, -0.05) is 20.8 Å². The van der Waals surface area contributed by atoms with Crippen molar-refractivity contribution in [1.82, 2.24) is 14.8 Å². The Bertz CT molecular complexity index is 1600. The number of hydrogen-bond donors (Lipinski definition) is 2. The van der Waals surface area contributed by atoms with E-state index in [0.717, 1.165) is 18.2 Å². The fourth-order valence-electron chi connectivity index (χ4n) is 5.01. The molecule has 1 aromatic carbocycles. The van der Waals surface area contributed by atoms with Crippen LogP contribution in [-0.2, 0) is 37.1 Å². The molecule has 2 saturated heterocycles. The summed E-state index contributed by atoms with van der Waals surface area (Å²) >= 11 is 0. The highest BCUT2D eigenvalue weighted by molar-refractivity contribution is 7.89. The predicted octanol–water partition coefficient (Wildman–Crippen LogP) is 2.98. The molecule has 4 rings (SSSR count). The van der Waals surface area contributed by atoms with Crippen molar-refractivity contribution in [2.75, 3.05) is 38.6 Å². The minimum absolute atomic E-state index is 0.0162. The van der Waals surface area contributed by atoms with Gasteiger partial charge in [-0.25, -0.2) is 22.7 Å². The quantitative estimate of drug-likeness (QED) is 0.454. The Labute approximate surface area is 250 Å². The number of likely N-dealkylation sites (tertiary alicyclic amines) is 2. The summed E-state index contributed by atoms with van der Waals surface area (Å²) in [5, 5.41) is 7.44. The maximum atomic E-state index is 14.6. The Balaban J connectivity index is 1.44. The minimum Gasteiger partial charge on any atom is -0.443 e. The lowest BCUT2D eigenvalue weighted by Crippen LogP contribution is -2.44. The Morgan fingerprint density at radius 1 is 1.11 bits per heavy atom. The van der Waals surface area contributed by atoms with E-state index in [1.165, 1.54) is 16.9 Å². The monoisotopic (exact) mass is 645 g/mol. The van der Waals surface area contributed by atoms with Gasteiger partial charge in [0, 0.05) is 37.7 Å². The average Bonchev–Trinajstić information content (AvgIpc) is 3.45. The number of rotatable bonds is 6. The molecule has 17 heteroatoms. The van der Waals surface area contributed by atoms with Crippen LogP contribution in [0.3, 0.4) is 0 Å². The molecule has 2 aliphatic rings. The van der Waals surface area contributed by atoms with Crippen LogP contribution in [0.4, 0.5) is 28.0 Å². The number of aromatic nitrogens is 1. The first kappa shape index (κ1) is 33.1. The molecule has 2 aliphatic heterocycles. The number of primary sulfonamides is 1. The number of nitrogens with zero attached hydrogens (tertiary/aromatic N) is 3. The Hall–Kier alpha value is -3.83. The van der Waals surface area contributed by atoms with Crippen molar-refractivity contribution in [3.05, 3.63) is 53.1 Å². The number of benzene rings is 1. The van der Waals surface area contributed by atoms with Crippen molar-refractivity contribution in [2.45, 2.75) is 44.1 Å². The van der Waals surface area contributed by atoms with E-state index < -0.39 is 73.9 Å². The molecule has 2 aromatic rings.